The summed E-state index contributed by atoms with van der Waals surface area (Å²) in [5, 5.41) is 3.61. The van der Waals surface area contributed by atoms with Gasteiger partial charge in [-0.2, -0.15) is 0 Å². The number of thiol groups is 1. The molecule has 1 aromatic rings. The van der Waals surface area contributed by atoms with Crippen molar-refractivity contribution in [2.45, 2.75) is 55.3 Å². The molecular formula is C14H18N4OS. The summed E-state index contributed by atoms with van der Waals surface area (Å²) in [6, 6.07) is -0.0722. The monoisotopic (exact) mass is 290 g/mol. The van der Waals surface area contributed by atoms with Crippen LogP contribution in [0.15, 0.2) is 11.4 Å². The molecule has 1 spiro atoms. The quantitative estimate of drug-likeness (QED) is 0.559. The van der Waals surface area contributed by atoms with Crippen molar-refractivity contribution in [3.8, 4) is 0 Å². The van der Waals surface area contributed by atoms with Gasteiger partial charge in [0.15, 0.2) is 5.16 Å². The normalized spacial score (nSPS) is 27.1. The van der Waals surface area contributed by atoms with Crippen molar-refractivity contribution >= 4 is 24.4 Å². The maximum Gasteiger partial charge on any atom is 0.242 e. The van der Waals surface area contributed by atoms with E-state index in [1.807, 2.05) is 6.20 Å². The molecule has 6 heteroatoms. The van der Waals surface area contributed by atoms with Crippen LogP contribution in [0.3, 0.4) is 0 Å². The largest absolute Gasteiger partial charge is 0.352 e. The second-order valence-corrected chi connectivity index (χ2v) is 6.49. The first-order chi connectivity index (χ1) is 9.70. The summed E-state index contributed by atoms with van der Waals surface area (Å²) in [5.74, 6) is 1.09. The van der Waals surface area contributed by atoms with Crippen molar-refractivity contribution in [2.75, 3.05) is 11.4 Å². The first kappa shape index (κ1) is 12.4. The molecule has 1 aromatic heterocycles. The van der Waals surface area contributed by atoms with Crippen LogP contribution in [0.1, 0.15) is 37.7 Å². The number of aryl methyl sites for hydroxylation is 1. The number of hydrogen-bond acceptors (Lipinski definition) is 5. The van der Waals surface area contributed by atoms with Crippen LogP contribution in [0.25, 0.3) is 0 Å². The molecule has 5 nitrogen and oxygen atoms in total. The van der Waals surface area contributed by atoms with Crippen molar-refractivity contribution in [1.82, 2.24) is 15.3 Å². The Labute approximate surface area is 123 Å². The Bertz CT molecular complexity index is 570. The lowest BCUT2D eigenvalue weighted by Crippen LogP contribution is -2.68. The third kappa shape index (κ3) is 1.67. The van der Waals surface area contributed by atoms with Gasteiger partial charge in [0.2, 0.25) is 5.91 Å². The van der Waals surface area contributed by atoms with E-state index in [0.717, 1.165) is 43.6 Å². The minimum Gasteiger partial charge on any atom is -0.352 e. The van der Waals surface area contributed by atoms with Crippen LogP contribution in [0.2, 0.25) is 0 Å². The van der Waals surface area contributed by atoms with Crippen LogP contribution in [-0.2, 0) is 11.2 Å². The van der Waals surface area contributed by atoms with E-state index >= 15 is 0 Å². The summed E-state index contributed by atoms with van der Waals surface area (Å²) in [5.41, 5.74) is 1.21. The number of hydrogen-bond donors (Lipinski definition) is 2. The highest BCUT2D eigenvalue weighted by Crippen LogP contribution is 2.44. The van der Waals surface area contributed by atoms with Crippen molar-refractivity contribution in [3.63, 3.8) is 0 Å². The maximum absolute atomic E-state index is 12.2. The molecule has 2 aliphatic heterocycles. The summed E-state index contributed by atoms with van der Waals surface area (Å²) < 4.78 is 0. The van der Waals surface area contributed by atoms with Gasteiger partial charge in [0.1, 0.15) is 11.9 Å². The molecule has 1 unspecified atom stereocenters. The number of nitrogens with one attached hydrogen (secondary N) is 1. The highest BCUT2D eigenvalue weighted by atomic mass is 32.1. The van der Waals surface area contributed by atoms with Gasteiger partial charge in [-0.3, -0.25) is 4.79 Å². The molecule has 0 radical (unpaired) electrons. The molecule has 20 heavy (non-hydrogen) atoms. The van der Waals surface area contributed by atoms with Crippen molar-refractivity contribution in [3.05, 3.63) is 11.8 Å². The van der Waals surface area contributed by atoms with E-state index in [0.29, 0.717) is 5.16 Å². The predicted molar refractivity (Wildman–Crippen MR) is 78.1 cm³/mol. The molecule has 2 fully saturated rings. The van der Waals surface area contributed by atoms with Gasteiger partial charge in [0.05, 0.1) is 5.54 Å². The van der Waals surface area contributed by atoms with Gasteiger partial charge in [0.25, 0.3) is 0 Å². The fourth-order valence-electron chi connectivity index (χ4n) is 4.05. The van der Waals surface area contributed by atoms with Gasteiger partial charge < -0.3 is 10.2 Å². The Morgan fingerprint density at radius 1 is 1.40 bits per heavy atom. The molecular weight excluding hydrogens is 272 g/mol. The first-order valence-corrected chi connectivity index (χ1v) is 7.76. The van der Waals surface area contributed by atoms with Gasteiger partial charge in [-0.25, -0.2) is 9.97 Å². The second-order valence-electron chi connectivity index (χ2n) is 6.09. The second kappa shape index (κ2) is 4.35. The Hall–Kier alpha value is -1.30. The first-order valence-electron chi connectivity index (χ1n) is 7.32. The van der Waals surface area contributed by atoms with Crippen molar-refractivity contribution < 1.29 is 4.79 Å². The smallest absolute Gasteiger partial charge is 0.242 e. The summed E-state index contributed by atoms with van der Waals surface area (Å²) in [7, 11) is 0. The van der Waals surface area contributed by atoms with Gasteiger partial charge in [-0.1, -0.05) is 12.8 Å². The number of piperazine rings is 1. The topological polar surface area (TPSA) is 58.1 Å². The van der Waals surface area contributed by atoms with E-state index in [2.05, 4.69) is 32.8 Å². The highest BCUT2D eigenvalue weighted by Gasteiger charge is 2.50. The zero-order valence-corrected chi connectivity index (χ0v) is 12.2. The molecule has 0 bridgehead atoms. The number of carbonyl (C=O) groups excluding carboxylic acids is 1. The molecule has 1 saturated carbocycles. The Balaban J connectivity index is 1.86. The summed E-state index contributed by atoms with van der Waals surface area (Å²) in [6.07, 6.45) is 8.32. The third-order valence-electron chi connectivity index (χ3n) is 5.00. The Morgan fingerprint density at radius 3 is 3.00 bits per heavy atom. The Kier molecular flexibility index (Phi) is 2.70. The lowest BCUT2D eigenvalue weighted by atomic mass is 9.85. The predicted octanol–water partition coefficient (Wildman–Crippen LogP) is 1.33. The number of rotatable bonds is 0. The van der Waals surface area contributed by atoms with Gasteiger partial charge in [-0.15, -0.1) is 12.6 Å². The molecule has 1 atom stereocenters. The van der Waals surface area contributed by atoms with Gasteiger partial charge in [0, 0.05) is 18.3 Å². The summed E-state index contributed by atoms with van der Waals surface area (Å²) >= 11 is 4.28. The van der Waals surface area contributed by atoms with Crippen LogP contribution in [-0.4, -0.2) is 34.0 Å². The molecule has 106 valence electrons. The van der Waals surface area contributed by atoms with E-state index in [1.54, 1.807) is 0 Å². The summed E-state index contributed by atoms with van der Waals surface area (Å²) in [4.78, 5) is 23.3. The van der Waals surface area contributed by atoms with Crippen LogP contribution >= 0.6 is 12.6 Å². The molecule has 1 N–H and O–H groups in total. The number of anilines is 1. The molecule has 3 heterocycles. The average molecular weight is 290 g/mol. The number of carbonyl (C=O) groups is 1. The molecule has 3 aliphatic rings. The van der Waals surface area contributed by atoms with E-state index in [-0.39, 0.29) is 17.5 Å². The lowest BCUT2D eigenvalue weighted by Gasteiger charge is -2.52. The fourth-order valence-corrected chi connectivity index (χ4v) is 4.20. The number of aromatic nitrogens is 2. The zero-order valence-electron chi connectivity index (χ0n) is 11.3. The lowest BCUT2D eigenvalue weighted by molar-refractivity contribution is -0.125. The van der Waals surface area contributed by atoms with Crippen LogP contribution in [0, 0.1) is 0 Å². The highest BCUT2D eigenvalue weighted by molar-refractivity contribution is 7.80. The standard InChI is InChI=1S/C14H18N4OS/c19-12-10-4-3-9-7-15-13(20)17-11(9)18(10)14(8-16-12)5-1-2-6-14/h7,10H,1-6,8H2,(H,16,19)(H,15,17,20). The average Bonchev–Trinajstić information content (AvgIpc) is 2.92. The maximum atomic E-state index is 12.2. The number of fused-ring (bicyclic) bond motifs is 4. The van der Waals surface area contributed by atoms with Crippen molar-refractivity contribution in [1.29, 1.82) is 0 Å². The fraction of sp³-hybridized carbons (Fsp3) is 0.643. The molecule has 1 saturated heterocycles. The van der Waals surface area contributed by atoms with Crippen LogP contribution < -0.4 is 10.2 Å². The number of amides is 1. The van der Waals surface area contributed by atoms with Gasteiger partial charge in [-0.05, 0) is 25.7 Å². The third-order valence-corrected chi connectivity index (χ3v) is 5.21. The van der Waals surface area contributed by atoms with Crippen LogP contribution in [0.5, 0.6) is 0 Å². The minimum absolute atomic E-state index is 0.0579. The van der Waals surface area contributed by atoms with E-state index in [9.17, 15) is 4.79 Å². The molecule has 4 rings (SSSR count). The van der Waals surface area contributed by atoms with Gasteiger partial charge >= 0.3 is 0 Å². The minimum atomic E-state index is -0.0722. The van der Waals surface area contributed by atoms with E-state index < -0.39 is 0 Å². The molecule has 1 aliphatic carbocycles. The van der Waals surface area contributed by atoms with Crippen molar-refractivity contribution in [2.24, 2.45) is 0 Å². The van der Waals surface area contributed by atoms with E-state index in [4.69, 9.17) is 0 Å². The SMILES string of the molecule is O=C1NCC2(CCCC2)N2c3nc(S)ncc3CCC12. The zero-order chi connectivity index (χ0) is 13.7. The molecule has 1 amide bonds. The molecule has 0 aromatic carbocycles. The Morgan fingerprint density at radius 2 is 2.20 bits per heavy atom. The van der Waals surface area contributed by atoms with Crippen LogP contribution in [0.4, 0.5) is 5.82 Å². The summed E-state index contributed by atoms with van der Waals surface area (Å²) in [6.45, 7) is 0.744. The number of nitrogens with zero attached hydrogens (tertiary/aromatic N) is 3. The van der Waals surface area contributed by atoms with E-state index in [1.165, 1.54) is 12.8 Å².